The van der Waals surface area contributed by atoms with Crippen molar-refractivity contribution in [2.45, 2.75) is 52.2 Å². The fourth-order valence-corrected chi connectivity index (χ4v) is 2.99. The fourth-order valence-electron chi connectivity index (χ4n) is 2.99. The number of esters is 1. The van der Waals surface area contributed by atoms with Gasteiger partial charge in [-0.2, -0.15) is 0 Å². The molecule has 2 aromatic rings. The first-order chi connectivity index (χ1) is 11.6. The first kappa shape index (κ1) is 16.6. The van der Waals surface area contributed by atoms with Crippen LogP contribution >= 0.6 is 0 Å². The number of rotatable bonds is 5. The van der Waals surface area contributed by atoms with E-state index in [-0.39, 0.29) is 12.1 Å². The van der Waals surface area contributed by atoms with Crippen molar-refractivity contribution in [1.82, 2.24) is 0 Å². The molecule has 0 bridgehead atoms. The number of hydrogen-bond acceptors (Lipinski definition) is 3. The Labute approximate surface area is 143 Å². The molecule has 1 aliphatic carbocycles. The molecular weight excluding hydrogens is 300 g/mol. The van der Waals surface area contributed by atoms with Crippen molar-refractivity contribution < 1.29 is 14.3 Å². The highest BCUT2D eigenvalue weighted by Crippen LogP contribution is 2.25. The molecule has 0 unspecified atom stereocenters. The molecule has 126 valence electrons. The number of ether oxygens (including phenoxy) is 2. The van der Waals surface area contributed by atoms with Gasteiger partial charge in [-0.25, -0.2) is 4.79 Å². The van der Waals surface area contributed by atoms with Crippen LogP contribution in [-0.2, 0) is 24.2 Å². The Hall–Kier alpha value is -2.29. The SMILES string of the molecule is CC(C)OC(=O)c1ccc(COc2ccc3c(c2)CCCC3)cc1. The van der Waals surface area contributed by atoms with Crippen molar-refractivity contribution in [2.75, 3.05) is 0 Å². The zero-order valence-electron chi connectivity index (χ0n) is 14.4. The van der Waals surface area contributed by atoms with Gasteiger partial charge in [-0.15, -0.1) is 0 Å². The highest BCUT2D eigenvalue weighted by molar-refractivity contribution is 5.89. The third-order valence-corrected chi connectivity index (χ3v) is 4.26. The monoisotopic (exact) mass is 324 g/mol. The number of fused-ring (bicyclic) bond motifs is 1. The summed E-state index contributed by atoms with van der Waals surface area (Å²) < 4.78 is 11.1. The van der Waals surface area contributed by atoms with Crippen LogP contribution in [0.3, 0.4) is 0 Å². The van der Waals surface area contributed by atoms with Gasteiger partial charge in [0.2, 0.25) is 0 Å². The number of aryl methyl sites for hydroxylation is 2. The van der Waals surface area contributed by atoms with E-state index in [1.807, 2.05) is 26.0 Å². The van der Waals surface area contributed by atoms with Gasteiger partial charge in [0.25, 0.3) is 0 Å². The molecule has 3 rings (SSSR count). The van der Waals surface area contributed by atoms with Crippen LogP contribution in [0.15, 0.2) is 42.5 Å². The summed E-state index contributed by atoms with van der Waals surface area (Å²) in [5.41, 5.74) is 4.49. The Morgan fingerprint density at radius 3 is 2.42 bits per heavy atom. The normalized spacial score (nSPS) is 13.5. The largest absolute Gasteiger partial charge is 0.489 e. The summed E-state index contributed by atoms with van der Waals surface area (Å²) in [5, 5.41) is 0. The maximum absolute atomic E-state index is 11.8. The second-order valence-corrected chi connectivity index (χ2v) is 6.58. The minimum atomic E-state index is -0.285. The Bertz CT molecular complexity index is 702. The quantitative estimate of drug-likeness (QED) is 0.747. The lowest BCUT2D eigenvalue weighted by Gasteiger charge is -2.17. The second-order valence-electron chi connectivity index (χ2n) is 6.58. The van der Waals surface area contributed by atoms with E-state index in [2.05, 4.69) is 18.2 Å². The maximum Gasteiger partial charge on any atom is 0.338 e. The smallest absolute Gasteiger partial charge is 0.338 e. The zero-order valence-corrected chi connectivity index (χ0v) is 14.4. The van der Waals surface area contributed by atoms with Crippen LogP contribution in [0, 0.1) is 0 Å². The molecule has 24 heavy (non-hydrogen) atoms. The van der Waals surface area contributed by atoms with Gasteiger partial charge < -0.3 is 9.47 Å². The van der Waals surface area contributed by atoms with E-state index in [0.717, 1.165) is 17.7 Å². The van der Waals surface area contributed by atoms with Crippen LogP contribution < -0.4 is 4.74 Å². The summed E-state index contributed by atoms with van der Waals surface area (Å²) >= 11 is 0. The molecule has 2 aromatic carbocycles. The Balaban J connectivity index is 1.59. The molecule has 0 amide bonds. The highest BCUT2D eigenvalue weighted by atomic mass is 16.5. The van der Waals surface area contributed by atoms with Crippen LogP contribution in [0.2, 0.25) is 0 Å². The standard InChI is InChI=1S/C21H24O3/c1-15(2)24-21(22)18-9-7-16(8-10-18)14-23-20-12-11-17-5-3-4-6-19(17)13-20/h7-13,15H,3-6,14H2,1-2H3. The topological polar surface area (TPSA) is 35.5 Å². The molecule has 0 heterocycles. The zero-order chi connectivity index (χ0) is 16.9. The van der Waals surface area contributed by atoms with E-state index in [0.29, 0.717) is 12.2 Å². The van der Waals surface area contributed by atoms with Gasteiger partial charge in [0.1, 0.15) is 12.4 Å². The molecule has 1 aliphatic rings. The Morgan fingerprint density at radius 2 is 1.71 bits per heavy atom. The fraction of sp³-hybridized carbons (Fsp3) is 0.381. The van der Waals surface area contributed by atoms with Gasteiger partial charge in [-0.3, -0.25) is 0 Å². The minimum absolute atomic E-state index is 0.107. The van der Waals surface area contributed by atoms with E-state index in [1.54, 1.807) is 12.1 Å². The van der Waals surface area contributed by atoms with Crippen molar-refractivity contribution in [2.24, 2.45) is 0 Å². The van der Waals surface area contributed by atoms with E-state index >= 15 is 0 Å². The van der Waals surface area contributed by atoms with Gasteiger partial charge in [0, 0.05) is 0 Å². The van der Waals surface area contributed by atoms with Crippen molar-refractivity contribution in [3.05, 3.63) is 64.7 Å². The van der Waals surface area contributed by atoms with E-state index in [4.69, 9.17) is 9.47 Å². The first-order valence-corrected chi connectivity index (χ1v) is 8.66. The molecule has 0 fully saturated rings. The summed E-state index contributed by atoms with van der Waals surface area (Å²) in [4.78, 5) is 11.8. The predicted octanol–water partition coefficient (Wildman–Crippen LogP) is 4.71. The lowest BCUT2D eigenvalue weighted by atomic mass is 9.92. The summed E-state index contributed by atoms with van der Waals surface area (Å²) in [6, 6.07) is 13.8. The molecule has 0 atom stereocenters. The third-order valence-electron chi connectivity index (χ3n) is 4.26. The van der Waals surface area contributed by atoms with Gasteiger partial charge >= 0.3 is 5.97 Å². The van der Waals surface area contributed by atoms with Crippen LogP contribution in [0.25, 0.3) is 0 Å². The van der Waals surface area contributed by atoms with E-state index in [1.165, 1.54) is 30.4 Å². The number of benzene rings is 2. The molecule has 0 aliphatic heterocycles. The number of carbonyl (C=O) groups is 1. The van der Waals surface area contributed by atoms with Crippen LogP contribution in [0.5, 0.6) is 5.75 Å². The third kappa shape index (κ3) is 4.16. The van der Waals surface area contributed by atoms with Crippen molar-refractivity contribution in [1.29, 1.82) is 0 Å². The molecular formula is C21H24O3. The Kier molecular flexibility index (Phi) is 5.19. The predicted molar refractivity (Wildman–Crippen MR) is 94.4 cm³/mol. The minimum Gasteiger partial charge on any atom is -0.489 e. The molecule has 0 spiro atoms. The van der Waals surface area contributed by atoms with Gasteiger partial charge in [0.15, 0.2) is 0 Å². The maximum atomic E-state index is 11.8. The van der Waals surface area contributed by atoms with Crippen LogP contribution in [0.4, 0.5) is 0 Å². The molecule has 0 saturated heterocycles. The second kappa shape index (κ2) is 7.52. The average molecular weight is 324 g/mol. The highest BCUT2D eigenvalue weighted by Gasteiger charge is 2.11. The summed E-state index contributed by atoms with van der Waals surface area (Å²) in [5.74, 6) is 0.631. The first-order valence-electron chi connectivity index (χ1n) is 8.66. The molecule has 0 radical (unpaired) electrons. The van der Waals surface area contributed by atoms with Crippen molar-refractivity contribution in [3.63, 3.8) is 0 Å². The summed E-state index contributed by atoms with van der Waals surface area (Å²) in [6.45, 7) is 4.19. The van der Waals surface area contributed by atoms with Crippen LogP contribution in [0.1, 0.15) is 53.7 Å². The van der Waals surface area contributed by atoms with Gasteiger partial charge in [-0.05, 0) is 80.5 Å². The van der Waals surface area contributed by atoms with Gasteiger partial charge in [-0.1, -0.05) is 18.2 Å². The average Bonchev–Trinajstić information content (AvgIpc) is 2.59. The molecule has 0 aromatic heterocycles. The molecule has 0 N–H and O–H groups in total. The van der Waals surface area contributed by atoms with E-state index in [9.17, 15) is 4.79 Å². The summed E-state index contributed by atoms with van der Waals surface area (Å²) in [6.07, 6.45) is 4.79. The molecule has 3 heteroatoms. The van der Waals surface area contributed by atoms with Crippen molar-refractivity contribution >= 4 is 5.97 Å². The lowest BCUT2D eigenvalue weighted by molar-refractivity contribution is 0.0378. The Morgan fingerprint density at radius 1 is 1.00 bits per heavy atom. The van der Waals surface area contributed by atoms with E-state index < -0.39 is 0 Å². The molecule has 3 nitrogen and oxygen atoms in total. The number of hydrogen-bond donors (Lipinski definition) is 0. The summed E-state index contributed by atoms with van der Waals surface area (Å²) in [7, 11) is 0. The lowest BCUT2D eigenvalue weighted by Crippen LogP contribution is -2.11. The van der Waals surface area contributed by atoms with Gasteiger partial charge in [0.05, 0.1) is 11.7 Å². The van der Waals surface area contributed by atoms with Crippen molar-refractivity contribution in [3.8, 4) is 5.75 Å². The number of carbonyl (C=O) groups excluding carboxylic acids is 1. The molecule has 0 saturated carbocycles. The van der Waals surface area contributed by atoms with Crippen LogP contribution in [-0.4, -0.2) is 12.1 Å².